The number of hydrogen-bond donors (Lipinski definition) is 0. The summed E-state index contributed by atoms with van der Waals surface area (Å²) in [6.45, 7) is 0. The van der Waals surface area contributed by atoms with Crippen LogP contribution in [-0.4, -0.2) is 39.0 Å². The zero-order valence-corrected chi connectivity index (χ0v) is 67.3. The number of nitrogens with zero attached hydrogens (tertiary/aromatic N) is 8. The Morgan fingerprint density at radius 1 is 0.210 bits per heavy atom. The highest BCUT2D eigenvalue weighted by molar-refractivity contribution is 5.95. The molecule has 16 aromatic carbocycles. The molecule has 584 valence electrons. The summed E-state index contributed by atoms with van der Waals surface area (Å²) in [4.78, 5) is 30.6. The smallest absolute Gasteiger partial charge is 0.164 e. The first-order valence-corrected chi connectivity index (χ1v) is 42.2. The summed E-state index contributed by atoms with van der Waals surface area (Å²) in [6.07, 6.45) is 8.95. The summed E-state index contributed by atoms with van der Waals surface area (Å²) in [7, 11) is 0. The van der Waals surface area contributed by atoms with Gasteiger partial charge in [0.15, 0.2) is 34.9 Å². The minimum Gasteiger partial charge on any atom is -0.484 e. The highest BCUT2D eigenvalue weighted by Gasteiger charge is 2.43. The van der Waals surface area contributed by atoms with Gasteiger partial charge in [0.2, 0.25) is 0 Å². The van der Waals surface area contributed by atoms with Crippen molar-refractivity contribution in [2.45, 2.75) is 24.0 Å². The van der Waals surface area contributed by atoms with Crippen LogP contribution in [-0.2, 0) is 0 Å². The molecule has 0 fully saturated rings. The summed E-state index contributed by atoms with van der Waals surface area (Å²) in [5.74, 6) is 5.80. The first-order valence-electron chi connectivity index (χ1n) is 42.2. The molecule has 0 bridgehead atoms. The van der Waals surface area contributed by atoms with E-state index in [4.69, 9.17) is 39.4 Å². The van der Waals surface area contributed by atoms with Crippen molar-refractivity contribution in [3.05, 3.63) is 458 Å². The summed E-state index contributed by atoms with van der Waals surface area (Å²) in [6, 6.07) is 144. The van der Waals surface area contributed by atoms with E-state index >= 15 is 0 Å². The second-order valence-corrected chi connectivity index (χ2v) is 31.8. The van der Waals surface area contributed by atoms with Crippen LogP contribution in [0.2, 0.25) is 0 Å². The Labute approximate surface area is 718 Å². The van der Waals surface area contributed by atoms with Gasteiger partial charge in [0, 0.05) is 101 Å². The van der Waals surface area contributed by atoms with Crippen molar-refractivity contribution in [2.24, 2.45) is 0 Å². The number of benzene rings is 16. The van der Waals surface area contributed by atoms with E-state index in [9.17, 15) is 0 Å². The van der Waals surface area contributed by atoms with Gasteiger partial charge in [-0.15, -0.1) is 0 Å². The van der Waals surface area contributed by atoms with Crippen LogP contribution in [0, 0.1) is 0 Å². The van der Waals surface area contributed by atoms with Gasteiger partial charge >= 0.3 is 0 Å². The molecule has 0 saturated heterocycles. The van der Waals surface area contributed by atoms with E-state index in [0.717, 1.165) is 112 Å². The lowest BCUT2D eigenvalue weighted by Gasteiger charge is -2.22. The van der Waals surface area contributed by atoms with Crippen molar-refractivity contribution >= 4 is 34.0 Å². The predicted molar refractivity (Wildman–Crippen MR) is 502 cm³/mol. The van der Waals surface area contributed by atoms with Crippen molar-refractivity contribution in [2.75, 3.05) is 0 Å². The Bertz CT molecular complexity index is 7300. The second kappa shape index (κ2) is 31.1. The molecular weight excluding hydrogens is 1510 g/mol. The second-order valence-electron chi connectivity index (χ2n) is 31.8. The van der Waals surface area contributed by atoms with E-state index in [2.05, 4.69) is 422 Å². The molecule has 10 nitrogen and oxygen atoms in total. The van der Waals surface area contributed by atoms with Gasteiger partial charge in [-0.2, -0.15) is 0 Å². The number of hydrogen-bond acceptors (Lipinski definition) is 8. The van der Waals surface area contributed by atoms with Crippen molar-refractivity contribution in [3.63, 3.8) is 0 Å². The molecule has 24 rings (SSSR count). The molecule has 0 amide bonds. The zero-order valence-electron chi connectivity index (χ0n) is 67.3. The molecule has 2 aliphatic carbocycles. The van der Waals surface area contributed by atoms with Crippen molar-refractivity contribution in [1.29, 1.82) is 0 Å². The third-order valence-corrected chi connectivity index (χ3v) is 24.5. The molecule has 0 spiro atoms. The Morgan fingerprint density at radius 2 is 0.468 bits per heavy atom. The molecule has 4 aliphatic rings. The van der Waals surface area contributed by atoms with Crippen LogP contribution in [0.4, 0.5) is 0 Å². The van der Waals surface area contributed by atoms with E-state index < -0.39 is 0 Å². The third-order valence-electron chi connectivity index (χ3n) is 24.5. The Morgan fingerprint density at radius 3 is 0.815 bits per heavy atom. The third kappa shape index (κ3) is 13.3. The standard InChI is InChI=1S/2C57H38N4O/c1-4-15-37(16-5-1)41-19-12-21-43(35-41)56-58-55(59-57(60-56)44-22-13-20-42(36-44)38-17-6-2-7-18-38)40-31-29-39(30-32-40)46-26-14-27-47-48-33-34-51-52(54(48)62-53(46)47)49-25-10-11-28-50(49)61(51)45-23-8-3-9-24-45;1-4-13-37(14-5-1)39-23-29-42(30-24-39)55-58-56(43-31-25-40(26-32-43)38-15-6-2-7-16-38)60-57(59-55)44-33-27-41(28-34-44)46-20-12-21-47-48-35-36-51-52(54(48)62-53(46)47)49-19-10-11-22-50(49)61(51)45-17-8-3-9-18-45/h2*1-36,48,54H. The number of fused-ring (bicyclic) bond motifs is 14. The number of rotatable bonds is 14. The SMILES string of the molecule is C1=CC2c3cccc(-c4ccc(-c5nc(-c6ccc(-c7ccccc7)cc6)nc(-c6ccc(-c7ccccc7)cc6)n5)cc4)c3OC2c2c1n(-c1ccccc1)c1ccccc21.C1=CC2c3cccc(-c4ccc(-c5nc(-c6cccc(-c7ccccc7)c6)nc(-c6cccc(-c7ccccc7)c6)n5)cc4)c3OC2c2c1n(-c1ccccc1)c1ccccc21. The number of aromatic nitrogens is 8. The average molecular weight is 1590 g/mol. The van der Waals surface area contributed by atoms with E-state index in [1.54, 1.807) is 0 Å². The first-order chi connectivity index (χ1) is 61.5. The summed E-state index contributed by atoms with van der Waals surface area (Å²) in [5.41, 5.74) is 30.8. The molecule has 2 aliphatic heterocycles. The zero-order chi connectivity index (χ0) is 82.0. The van der Waals surface area contributed by atoms with Gasteiger partial charge in [0.25, 0.3) is 0 Å². The van der Waals surface area contributed by atoms with Crippen LogP contribution in [0.1, 0.15) is 57.7 Å². The van der Waals surface area contributed by atoms with Crippen LogP contribution in [0.3, 0.4) is 0 Å². The molecule has 124 heavy (non-hydrogen) atoms. The lowest BCUT2D eigenvalue weighted by atomic mass is 9.85. The van der Waals surface area contributed by atoms with Gasteiger partial charge in [-0.3, -0.25) is 0 Å². The van der Waals surface area contributed by atoms with E-state index in [-0.39, 0.29) is 24.0 Å². The topological polar surface area (TPSA) is 106 Å². The number of ether oxygens (including phenoxy) is 2. The average Bonchev–Trinajstić information content (AvgIpc) is 1.56. The maximum Gasteiger partial charge on any atom is 0.164 e. The molecule has 0 saturated carbocycles. The van der Waals surface area contributed by atoms with E-state index in [0.29, 0.717) is 34.9 Å². The largest absolute Gasteiger partial charge is 0.484 e. The summed E-state index contributed by atoms with van der Waals surface area (Å²) in [5, 5.41) is 2.44. The fourth-order valence-corrected chi connectivity index (χ4v) is 18.5. The van der Waals surface area contributed by atoms with Crippen molar-refractivity contribution < 1.29 is 9.47 Å². The fraction of sp³-hybridized carbons (Fsp3) is 0.0351. The Kier molecular flexibility index (Phi) is 18.3. The van der Waals surface area contributed by atoms with Crippen molar-refractivity contribution in [3.8, 4) is 158 Å². The van der Waals surface area contributed by atoms with Gasteiger partial charge < -0.3 is 18.6 Å². The van der Waals surface area contributed by atoms with Gasteiger partial charge in [-0.1, -0.05) is 376 Å². The maximum absolute atomic E-state index is 7.11. The van der Waals surface area contributed by atoms with Crippen molar-refractivity contribution in [1.82, 2.24) is 39.0 Å². The predicted octanol–water partition coefficient (Wildman–Crippen LogP) is 28.1. The van der Waals surface area contributed by atoms with Crippen LogP contribution in [0.15, 0.2) is 425 Å². The highest BCUT2D eigenvalue weighted by atomic mass is 16.5. The lowest BCUT2D eigenvalue weighted by molar-refractivity contribution is 0.225. The maximum atomic E-state index is 7.11. The summed E-state index contributed by atoms with van der Waals surface area (Å²) >= 11 is 0. The first kappa shape index (κ1) is 72.9. The van der Waals surface area contributed by atoms with Crippen LogP contribution < -0.4 is 9.47 Å². The normalized spacial score (nSPS) is 14.8. The van der Waals surface area contributed by atoms with Crippen LogP contribution in [0.5, 0.6) is 11.5 Å². The molecular formula is C114H76N8O2. The van der Waals surface area contributed by atoms with Crippen LogP contribution >= 0.6 is 0 Å². The molecule has 4 aromatic heterocycles. The lowest BCUT2D eigenvalue weighted by Crippen LogP contribution is -2.13. The summed E-state index contributed by atoms with van der Waals surface area (Å²) < 4.78 is 18.9. The van der Waals surface area contributed by atoms with Gasteiger partial charge in [0.05, 0.1) is 22.4 Å². The minimum absolute atomic E-state index is 0.106. The molecule has 10 heteroatoms. The quantitative estimate of drug-likeness (QED) is 0.106. The fourth-order valence-electron chi connectivity index (χ4n) is 18.5. The monoisotopic (exact) mass is 1590 g/mol. The molecule has 4 unspecified atom stereocenters. The van der Waals surface area contributed by atoms with E-state index in [1.807, 2.05) is 24.3 Å². The van der Waals surface area contributed by atoms with Crippen LogP contribution in [0.25, 0.3) is 180 Å². The number of para-hydroxylation sites is 6. The van der Waals surface area contributed by atoms with Gasteiger partial charge in [-0.25, -0.2) is 29.9 Å². The molecule has 0 N–H and O–H groups in total. The molecule has 20 aromatic rings. The molecule has 4 atom stereocenters. The molecule has 0 radical (unpaired) electrons. The minimum atomic E-state index is -0.136. The molecule has 6 heterocycles. The van der Waals surface area contributed by atoms with E-state index in [1.165, 1.54) is 66.6 Å². The Hall–Kier alpha value is -16.3. The van der Waals surface area contributed by atoms with Gasteiger partial charge in [-0.05, 0) is 116 Å². The van der Waals surface area contributed by atoms with Gasteiger partial charge in [0.1, 0.15) is 23.7 Å². The Balaban J connectivity index is 0.000000143. The highest BCUT2D eigenvalue weighted by Crippen LogP contribution is 2.58.